The molecule has 3 rings (SSSR count). The van der Waals surface area contributed by atoms with Crippen LogP contribution in [0.4, 0.5) is 0 Å². The number of esters is 1. The Morgan fingerprint density at radius 1 is 1.40 bits per heavy atom. The smallest absolute Gasteiger partial charge is 0.333 e. The standard InChI is InChI=1S/C17H16BrCl3N2O5S2/c1-27-17(22-11(24)5-10-3-2-4-29-10)14(26)23-12(9(6-18)7-30-15(17)23)13(25)28-8-16(19,20)21/h2-4,7,12,15H,5-6,8H2,1H3,(H,22,24)/t12?,15-,17-/m1/s1. The predicted molar refractivity (Wildman–Crippen MR) is 121 cm³/mol. The lowest BCUT2D eigenvalue weighted by atomic mass is 9.95. The summed E-state index contributed by atoms with van der Waals surface area (Å²) >= 11 is 23.0. The number of ether oxygens (including phenoxy) is 2. The number of halogens is 4. The Kier molecular flexibility index (Phi) is 7.70. The van der Waals surface area contributed by atoms with Gasteiger partial charge in [-0.1, -0.05) is 56.8 Å². The van der Waals surface area contributed by atoms with E-state index in [1.54, 1.807) is 5.41 Å². The number of hydrogen-bond acceptors (Lipinski definition) is 7. The number of alkyl halides is 4. The Bertz CT molecular complexity index is 864. The third-order valence-corrected chi connectivity index (χ3v) is 7.55. The second-order valence-electron chi connectivity index (χ2n) is 6.40. The maximum atomic E-state index is 13.1. The van der Waals surface area contributed by atoms with Gasteiger partial charge in [0.15, 0.2) is 6.04 Å². The summed E-state index contributed by atoms with van der Waals surface area (Å²) in [5, 5.41) is 5.97. The minimum Gasteiger partial charge on any atom is -0.459 e. The van der Waals surface area contributed by atoms with Crippen molar-refractivity contribution in [3.05, 3.63) is 33.4 Å². The number of thioether (sulfide) groups is 1. The van der Waals surface area contributed by atoms with Gasteiger partial charge in [0.1, 0.15) is 12.0 Å². The van der Waals surface area contributed by atoms with Crippen molar-refractivity contribution in [1.82, 2.24) is 10.2 Å². The fourth-order valence-corrected chi connectivity index (χ4v) is 5.98. The molecule has 0 saturated carbocycles. The lowest BCUT2D eigenvalue weighted by Crippen LogP contribution is -2.83. The van der Waals surface area contributed by atoms with Gasteiger partial charge in [0.2, 0.25) is 9.70 Å². The number of thiophene rings is 1. The minimum absolute atomic E-state index is 0.116. The molecule has 1 N–H and O–H groups in total. The van der Waals surface area contributed by atoms with E-state index in [4.69, 9.17) is 44.3 Å². The lowest BCUT2D eigenvalue weighted by Gasteiger charge is -2.57. The number of nitrogens with one attached hydrogen (secondary N) is 1. The number of fused-ring (bicyclic) bond motifs is 1. The van der Waals surface area contributed by atoms with Crippen LogP contribution in [0.5, 0.6) is 0 Å². The first-order valence-electron chi connectivity index (χ1n) is 8.48. The van der Waals surface area contributed by atoms with Crippen molar-refractivity contribution in [2.45, 2.75) is 27.4 Å². The highest BCUT2D eigenvalue weighted by atomic mass is 79.9. The first-order chi connectivity index (χ1) is 14.1. The van der Waals surface area contributed by atoms with E-state index in [0.29, 0.717) is 10.9 Å². The highest BCUT2D eigenvalue weighted by molar-refractivity contribution is 9.09. The summed E-state index contributed by atoms with van der Waals surface area (Å²) in [4.78, 5) is 40.5. The normalized spacial score (nSPS) is 25.8. The molecule has 1 aromatic rings. The van der Waals surface area contributed by atoms with Gasteiger partial charge >= 0.3 is 5.97 Å². The summed E-state index contributed by atoms with van der Waals surface area (Å²) in [5.74, 6) is -1.65. The van der Waals surface area contributed by atoms with Crippen molar-refractivity contribution >= 4 is 91.6 Å². The highest BCUT2D eigenvalue weighted by Crippen LogP contribution is 2.47. The average Bonchev–Trinajstić information content (AvgIpc) is 3.21. The Hall–Kier alpha value is -0.490. The predicted octanol–water partition coefficient (Wildman–Crippen LogP) is 3.23. The molecule has 0 bridgehead atoms. The number of β-lactam (4-membered cyclic amide) rings is 1. The molecule has 0 aliphatic carbocycles. The molecule has 30 heavy (non-hydrogen) atoms. The molecule has 13 heteroatoms. The van der Waals surface area contributed by atoms with Crippen LogP contribution in [0.2, 0.25) is 0 Å². The van der Waals surface area contributed by atoms with Gasteiger partial charge in [-0.05, 0) is 22.4 Å². The second-order valence-corrected chi connectivity index (χ2v) is 11.5. The fraction of sp³-hybridized carbons (Fsp3) is 0.471. The number of methoxy groups -OCH3 is 1. The van der Waals surface area contributed by atoms with E-state index in [1.165, 1.54) is 35.1 Å². The van der Waals surface area contributed by atoms with Crippen LogP contribution in [0.25, 0.3) is 0 Å². The lowest BCUT2D eigenvalue weighted by molar-refractivity contribution is -0.202. The summed E-state index contributed by atoms with van der Waals surface area (Å²) in [7, 11) is 1.33. The molecule has 1 fully saturated rings. The topological polar surface area (TPSA) is 84.9 Å². The average molecular weight is 579 g/mol. The second kappa shape index (κ2) is 9.56. The fourth-order valence-electron chi connectivity index (χ4n) is 3.12. The van der Waals surface area contributed by atoms with Gasteiger partial charge in [-0.2, -0.15) is 0 Å². The molecule has 7 nitrogen and oxygen atoms in total. The maximum Gasteiger partial charge on any atom is 0.333 e. The highest BCUT2D eigenvalue weighted by Gasteiger charge is 2.67. The van der Waals surface area contributed by atoms with Crippen LogP contribution in [0.3, 0.4) is 0 Å². The molecule has 2 amide bonds. The van der Waals surface area contributed by atoms with Gasteiger partial charge in [0.25, 0.3) is 11.6 Å². The maximum absolute atomic E-state index is 13.1. The monoisotopic (exact) mass is 576 g/mol. The van der Waals surface area contributed by atoms with Crippen molar-refractivity contribution < 1.29 is 23.9 Å². The van der Waals surface area contributed by atoms with Crippen molar-refractivity contribution in [3.63, 3.8) is 0 Å². The summed E-state index contributed by atoms with van der Waals surface area (Å²) in [6.07, 6.45) is 0.116. The molecule has 0 spiro atoms. The van der Waals surface area contributed by atoms with Crippen LogP contribution in [-0.4, -0.2) is 62.7 Å². The Balaban J connectivity index is 1.78. The molecule has 1 aromatic heterocycles. The number of carbonyl (C=O) groups is 3. The van der Waals surface area contributed by atoms with Crippen LogP contribution in [0.1, 0.15) is 4.88 Å². The van der Waals surface area contributed by atoms with Crippen molar-refractivity contribution in [1.29, 1.82) is 0 Å². The van der Waals surface area contributed by atoms with Gasteiger partial charge in [0.05, 0.1) is 6.42 Å². The first kappa shape index (κ1) is 24.2. The molecule has 3 atom stereocenters. The molecule has 0 radical (unpaired) electrons. The van der Waals surface area contributed by atoms with Gasteiger partial charge in [-0.25, -0.2) is 4.79 Å². The Labute approximate surface area is 204 Å². The molecule has 1 saturated heterocycles. The minimum atomic E-state index is -1.78. The zero-order valence-corrected chi connectivity index (χ0v) is 20.9. The molecular formula is C17H16BrCl3N2O5S2. The molecule has 3 heterocycles. The number of nitrogens with zero attached hydrogens (tertiary/aromatic N) is 1. The summed E-state index contributed by atoms with van der Waals surface area (Å²) < 4.78 is 8.79. The third-order valence-electron chi connectivity index (χ3n) is 4.45. The largest absolute Gasteiger partial charge is 0.459 e. The van der Waals surface area contributed by atoms with Crippen LogP contribution < -0.4 is 5.32 Å². The summed E-state index contributed by atoms with van der Waals surface area (Å²) in [5.41, 5.74) is -0.977. The number of hydrogen-bond donors (Lipinski definition) is 1. The van der Waals surface area contributed by atoms with Crippen LogP contribution in [0.15, 0.2) is 28.5 Å². The van der Waals surface area contributed by atoms with Gasteiger partial charge in [-0.3, -0.25) is 9.59 Å². The number of amides is 2. The molecule has 1 unspecified atom stereocenters. The Morgan fingerprint density at radius 3 is 2.70 bits per heavy atom. The van der Waals surface area contributed by atoms with Crippen LogP contribution in [0, 0.1) is 0 Å². The number of carbonyl (C=O) groups excluding carboxylic acids is 3. The van der Waals surface area contributed by atoms with E-state index in [1.807, 2.05) is 17.5 Å². The zero-order valence-electron chi connectivity index (χ0n) is 15.4. The molecular weight excluding hydrogens is 563 g/mol. The van der Waals surface area contributed by atoms with E-state index in [9.17, 15) is 14.4 Å². The van der Waals surface area contributed by atoms with Gasteiger partial charge in [-0.15, -0.1) is 23.1 Å². The summed E-state index contributed by atoms with van der Waals surface area (Å²) in [6.45, 7) is -0.463. The quantitative estimate of drug-likeness (QED) is 0.232. The van der Waals surface area contributed by atoms with E-state index in [2.05, 4.69) is 21.2 Å². The van der Waals surface area contributed by atoms with Crippen LogP contribution in [-0.2, 0) is 30.3 Å². The van der Waals surface area contributed by atoms with Gasteiger partial charge in [0, 0.05) is 17.3 Å². The van der Waals surface area contributed by atoms with E-state index < -0.39 is 39.4 Å². The number of rotatable bonds is 7. The van der Waals surface area contributed by atoms with Gasteiger partial charge < -0.3 is 19.7 Å². The Morgan fingerprint density at radius 2 is 2.13 bits per heavy atom. The van der Waals surface area contributed by atoms with Crippen LogP contribution >= 0.6 is 73.8 Å². The summed E-state index contributed by atoms with van der Waals surface area (Å²) in [6, 6.07) is 2.65. The van der Waals surface area contributed by atoms with E-state index in [-0.39, 0.29) is 12.3 Å². The zero-order chi connectivity index (χ0) is 22.1. The SMILES string of the molecule is CO[C@]1(NC(=O)Cc2cccs2)C(=O)N2C(C(=O)OCC(Cl)(Cl)Cl)C(CBr)=CS[C@@H]21. The van der Waals surface area contributed by atoms with Crippen molar-refractivity contribution in [3.8, 4) is 0 Å². The first-order valence-corrected chi connectivity index (χ1v) is 12.6. The molecule has 164 valence electrons. The van der Waals surface area contributed by atoms with Crippen molar-refractivity contribution in [2.24, 2.45) is 0 Å². The van der Waals surface area contributed by atoms with E-state index in [0.717, 1.165) is 4.88 Å². The van der Waals surface area contributed by atoms with E-state index >= 15 is 0 Å². The third kappa shape index (κ3) is 4.79. The molecule has 2 aliphatic heterocycles. The molecule has 2 aliphatic rings. The molecule has 0 aromatic carbocycles. The van der Waals surface area contributed by atoms with Crippen molar-refractivity contribution in [2.75, 3.05) is 19.0 Å².